The molecule has 1 aromatic carbocycles. The van der Waals surface area contributed by atoms with Gasteiger partial charge in [-0.3, -0.25) is 14.5 Å². The minimum Gasteiger partial charge on any atom is -0.370 e. The third kappa shape index (κ3) is 4.05. The Bertz CT molecular complexity index is 941. The fourth-order valence-electron chi connectivity index (χ4n) is 3.87. The molecule has 4 amide bonds. The Morgan fingerprint density at radius 1 is 1.24 bits per heavy atom. The van der Waals surface area contributed by atoms with E-state index in [1.807, 2.05) is 12.1 Å². The SMILES string of the molecule is NC(=O)Cn1cc(CC2NC(=O)N(CCN3CCCc4ccccc43)C2=O)nn1. The highest BCUT2D eigenvalue weighted by Crippen LogP contribution is 2.26. The molecule has 3 N–H and O–H groups in total. The number of amides is 4. The molecule has 2 aliphatic rings. The highest BCUT2D eigenvalue weighted by Gasteiger charge is 2.38. The van der Waals surface area contributed by atoms with Gasteiger partial charge in [0.05, 0.1) is 5.69 Å². The van der Waals surface area contributed by atoms with Gasteiger partial charge in [-0.25, -0.2) is 9.48 Å². The fraction of sp³-hybridized carbons (Fsp3) is 0.421. The summed E-state index contributed by atoms with van der Waals surface area (Å²) in [5.74, 6) is -0.804. The highest BCUT2D eigenvalue weighted by atomic mass is 16.2. The van der Waals surface area contributed by atoms with Crippen molar-refractivity contribution in [3.63, 3.8) is 0 Å². The first-order chi connectivity index (χ1) is 14.0. The summed E-state index contributed by atoms with van der Waals surface area (Å²) < 4.78 is 1.31. The number of nitrogens with one attached hydrogen (secondary N) is 1. The highest BCUT2D eigenvalue weighted by molar-refractivity contribution is 6.04. The molecule has 1 saturated heterocycles. The first-order valence-electron chi connectivity index (χ1n) is 9.63. The molecular weight excluding hydrogens is 374 g/mol. The molecule has 0 spiro atoms. The molecule has 10 nitrogen and oxygen atoms in total. The van der Waals surface area contributed by atoms with Crippen LogP contribution in [0.15, 0.2) is 30.5 Å². The van der Waals surface area contributed by atoms with E-state index in [-0.39, 0.29) is 18.9 Å². The van der Waals surface area contributed by atoms with Crippen LogP contribution in [-0.2, 0) is 29.0 Å². The average Bonchev–Trinajstić information content (AvgIpc) is 3.24. The van der Waals surface area contributed by atoms with Gasteiger partial charge in [-0.2, -0.15) is 0 Å². The predicted octanol–water partition coefficient (Wildman–Crippen LogP) is -0.321. The van der Waals surface area contributed by atoms with Gasteiger partial charge in [0.1, 0.15) is 12.6 Å². The Hall–Kier alpha value is -3.43. The number of nitrogens with zero attached hydrogens (tertiary/aromatic N) is 5. The normalized spacial score (nSPS) is 18.7. The monoisotopic (exact) mass is 397 g/mol. The van der Waals surface area contributed by atoms with E-state index in [0.29, 0.717) is 18.8 Å². The lowest BCUT2D eigenvalue weighted by Crippen LogP contribution is -2.41. The molecular formula is C19H23N7O3. The second-order valence-electron chi connectivity index (χ2n) is 7.29. The third-order valence-corrected chi connectivity index (χ3v) is 5.22. The third-order valence-electron chi connectivity index (χ3n) is 5.22. The van der Waals surface area contributed by atoms with Crippen LogP contribution in [0.4, 0.5) is 10.5 Å². The molecule has 29 heavy (non-hydrogen) atoms. The van der Waals surface area contributed by atoms with Crippen molar-refractivity contribution >= 4 is 23.5 Å². The van der Waals surface area contributed by atoms with Crippen LogP contribution in [0.1, 0.15) is 17.7 Å². The minimum absolute atomic E-state index is 0.0819. The molecule has 1 aromatic heterocycles. The maximum Gasteiger partial charge on any atom is 0.324 e. The van der Waals surface area contributed by atoms with Gasteiger partial charge < -0.3 is 16.0 Å². The van der Waals surface area contributed by atoms with Crippen LogP contribution in [0.5, 0.6) is 0 Å². The number of imide groups is 1. The first-order valence-corrected chi connectivity index (χ1v) is 9.63. The maximum atomic E-state index is 12.7. The van der Waals surface area contributed by atoms with Gasteiger partial charge in [0.2, 0.25) is 5.91 Å². The lowest BCUT2D eigenvalue weighted by atomic mass is 10.0. The zero-order valence-corrected chi connectivity index (χ0v) is 16.0. The molecule has 3 heterocycles. The number of aryl methyl sites for hydroxylation is 1. The Morgan fingerprint density at radius 2 is 2.07 bits per heavy atom. The molecule has 4 rings (SSSR count). The molecule has 1 unspecified atom stereocenters. The summed E-state index contributed by atoms with van der Waals surface area (Å²) in [4.78, 5) is 39.5. The van der Waals surface area contributed by atoms with Gasteiger partial charge in [-0.1, -0.05) is 23.4 Å². The number of carbonyl (C=O) groups is 3. The van der Waals surface area contributed by atoms with Crippen molar-refractivity contribution in [1.29, 1.82) is 0 Å². The number of benzene rings is 1. The number of carbonyl (C=O) groups excluding carboxylic acids is 3. The number of fused-ring (bicyclic) bond motifs is 1. The van der Waals surface area contributed by atoms with Crippen LogP contribution >= 0.6 is 0 Å². The minimum atomic E-state index is -0.685. The Balaban J connectivity index is 1.36. The van der Waals surface area contributed by atoms with Crippen molar-refractivity contribution in [2.45, 2.75) is 31.8 Å². The summed E-state index contributed by atoms with van der Waals surface area (Å²) in [6.45, 7) is 1.75. The summed E-state index contributed by atoms with van der Waals surface area (Å²) in [7, 11) is 0. The Kier molecular flexibility index (Phi) is 5.15. The molecule has 1 atom stereocenters. The second-order valence-corrected chi connectivity index (χ2v) is 7.29. The molecule has 0 radical (unpaired) electrons. The summed E-state index contributed by atoms with van der Waals surface area (Å²) in [6.07, 6.45) is 3.87. The van der Waals surface area contributed by atoms with Gasteiger partial charge in [0.15, 0.2) is 0 Å². The zero-order chi connectivity index (χ0) is 20.4. The lowest BCUT2D eigenvalue weighted by Gasteiger charge is -2.32. The number of rotatable bonds is 7. The van der Waals surface area contributed by atoms with Crippen LogP contribution in [0.3, 0.4) is 0 Å². The van der Waals surface area contributed by atoms with Crippen molar-refractivity contribution < 1.29 is 14.4 Å². The first kappa shape index (κ1) is 18.9. The van der Waals surface area contributed by atoms with E-state index in [1.165, 1.54) is 20.8 Å². The second kappa shape index (κ2) is 7.90. The van der Waals surface area contributed by atoms with Crippen molar-refractivity contribution in [2.75, 3.05) is 24.5 Å². The van der Waals surface area contributed by atoms with E-state index in [9.17, 15) is 14.4 Å². The van der Waals surface area contributed by atoms with Gasteiger partial charge in [-0.15, -0.1) is 5.10 Å². The molecule has 0 aliphatic carbocycles. The van der Waals surface area contributed by atoms with E-state index in [1.54, 1.807) is 6.20 Å². The summed E-state index contributed by atoms with van der Waals surface area (Å²) >= 11 is 0. The van der Waals surface area contributed by atoms with Gasteiger partial charge in [-0.05, 0) is 24.5 Å². The largest absolute Gasteiger partial charge is 0.370 e. The predicted molar refractivity (Wildman–Crippen MR) is 104 cm³/mol. The molecule has 2 aliphatic heterocycles. The number of hydrogen-bond acceptors (Lipinski definition) is 6. The van der Waals surface area contributed by atoms with Crippen LogP contribution in [0.25, 0.3) is 0 Å². The Labute approximate surface area is 167 Å². The standard InChI is InChI=1S/C19H23N7O3/c20-17(27)12-25-11-14(22-23-25)10-15-18(28)26(19(29)21-15)9-8-24-7-3-5-13-4-1-2-6-16(13)24/h1-2,4,6,11,15H,3,5,7-10,12H2,(H2,20,27)(H,21,29). The summed E-state index contributed by atoms with van der Waals surface area (Å²) in [5.41, 5.74) is 8.12. The average molecular weight is 397 g/mol. The molecule has 152 valence electrons. The lowest BCUT2D eigenvalue weighted by molar-refractivity contribution is -0.127. The van der Waals surface area contributed by atoms with Gasteiger partial charge in [0, 0.05) is 37.9 Å². The number of hydrogen-bond donors (Lipinski definition) is 2. The molecule has 0 saturated carbocycles. The summed E-state index contributed by atoms with van der Waals surface area (Å²) in [5, 5.41) is 10.4. The van der Waals surface area contributed by atoms with E-state index in [2.05, 4.69) is 32.7 Å². The van der Waals surface area contributed by atoms with Crippen LogP contribution in [0, 0.1) is 0 Å². The molecule has 0 bridgehead atoms. The number of aromatic nitrogens is 3. The topological polar surface area (TPSA) is 126 Å². The van der Waals surface area contributed by atoms with Gasteiger partial charge in [0.25, 0.3) is 5.91 Å². The maximum absolute atomic E-state index is 12.7. The van der Waals surface area contributed by atoms with Gasteiger partial charge >= 0.3 is 6.03 Å². The quantitative estimate of drug-likeness (QED) is 0.617. The molecule has 2 aromatic rings. The van der Waals surface area contributed by atoms with E-state index < -0.39 is 18.0 Å². The van der Waals surface area contributed by atoms with E-state index in [4.69, 9.17) is 5.73 Å². The summed E-state index contributed by atoms with van der Waals surface area (Å²) in [6, 6.07) is 7.16. The Morgan fingerprint density at radius 3 is 2.90 bits per heavy atom. The number of urea groups is 1. The zero-order valence-electron chi connectivity index (χ0n) is 16.0. The smallest absolute Gasteiger partial charge is 0.324 e. The fourth-order valence-corrected chi connectivity index (χ4v) is 3.87. The number of para-hydroxylation sites is 1. The van der Waals surface area contributed by atoms with Crippen LogP contribution < -0.4 is 16.0 Å². The van der Waals surface area contributed by atoms with Crippen LogP contribution in [-0.4, -0.2) is 63.4 Å². The number of primary amides is 1. The van der Waals surface area contributed by atoms with Crippen molar-refractivity contribution in [3.8, 4) is 0 Å². The number of nitrogens with two attached hydrogens (primary N) is 1. The molecule has 10 heteroatoms. The van der Waals surface area contributed by atoms with Crippen molar-refractivity contribution in [2.24, 2.45) is 5.73 Å². The van der Waals surface area contributed by atoms with Crippen molar-refractivity contribution in [1.82, 2.24) is 25.2 Å². The van der Waals surface area contributed by atoms with Crippen molar-refractivity contribution in [3.05, 3.63) is 41.7 Å². The van der Waals surface area contributed by atoms with E-state index >= 15 is 0 Å². The number of anilines is 1. The van der Waals surface area contributed by atoms with E-state index in [0.717, 1.165) is 19.4 Å². The van der Waals surface area contributed by atoms with Crippen LogP contribution in [0.2, 0.25) is 0 Å². The molecule has 1 fully saturated rings.